The fraction of sp³-hybridized carbons (Fsp3) is 0. The van der Waals surface area contributed by atoms with E-state index in [1.165, 1.54) is 35.6 Å². The molecule has 0 bridgehead atoms. The van der Waals surface area contributed by atoms with Crippen molar-refractivity contribution < 1.29 is 14.8 Å². The lowest BCUT2D eigenvalue weighted by Crippen LogP contribution is -1.99. The van der Waals surface area contributed by atoms with Crippen LogP contribution >= 0.6 is 11.3 Å². The van der Waals surface area contributed by atoms with Crippen LogP contribution in [0.4, 0.5) is 5.69 Å². The number of carbonyl (C=O) groups is 1. The molecular formula is C13H9NO4S. The van der Waals surface area contributed by atoms with Crippen LogP contribution < -0.4 is 0 Å². The van der Waals surface area contributed by atoms with E-state index in [9.17, 15) is 20.0 Å². The first kappa shape index (κ1) is 13.0. The minimum atomic E-state index is -1.07. The zero-order valence-electron chi connectivity index (χ0n) is 9.65. The summed E-state index contributed by atoms with van der Waals surface area (Å²) in [6.07, 6.45) is 1.55. The quantitative estimate of drug-likeness (QED) is 0.527. The van der Waals surface area contributed by atoms with Gasteiger partial charge in [0, 0.05) is 17.0 Å². The SMILES string of the molecule is O=C(O)/C(=C\c1cccs1)c1ccc([N+](=O)[O-])cc1. The first-order chi connectivity index (χ1) is 9.08. The highest BCUT2D eigenvalue weighted by molar-refractivity contribution is 7.10. The second-order valence-corrected chi connectivity index (χ2v) is 4.66. The lowest BCUT2D eigenvalue weighted by Gasteiger charge is -2.02. The molecule has 96 valence electrons. The third kappa shape index (κ3) is 3.05. The summed E-state index contributed by atoms with van der Waals surface area (Å²) in [4.78, 5) is 22.1. The molecule has 0 atom stereocenters. The van der Waals surface area contributed by atoms with Gasteiger partial charge in [0.05, 0.1) is 10.5 Å². The van der Waals surface area contributed by atoms with Gasteiger partial charge in [-0.05, 0) is 35.2 Å². The van der Waals surface area contributed by atoms with Gasteiger partial charge in [0.25, 0.3) is 5.69 Å². The Morgan fingerprint density at radius 3 is 2.42 bits per heavy atom. The number of carboxylic acids is 1. The number of nitro groups is 1. The maximum absolute atomic E-state index is 11.2. The maximum atomic E-state index is 11.2. The largest absolute Gasteiger partial charge is 0.478 e. The molecule has 1 aromatic heterocycles. The molecule has 0 saturated heterocycles. The van der Waals surface area contributed by atoms with Crippen LogP contribution in [0.2, 0.25) is 0 Å². The van der Waals surface area contributed by atoms with E-state index in [1.807, 2.05) is 11.4 Å². The number of nitro benzene ring substituents is 1. The van der Waals surface area contributed by atoms with Crippen molar-refractivity contribution in [2.45, 2.75) is 0 Å². The van der Waals surface area contributed by atoms with Crippen LogP contribution in [0.5, 0.6) is 0 Å². The molecule has 0 unspecified atom stereocenters. The molecule has 0 aliphatic carbocycles. The number of nitrogens with zero attached hydrogens (tertiary/aromatic N) is 1. The lowest BCUT2D eigenvalue weighted by atomic mass is 10.0. The Hall–Kier alpha value is -2.47. The highest BCUT2D eigenvalue weighted by Gasteiger charge is 2.12. The summed E-state index contributed by atoms with van der Waals surface area (Å²) >= 11 is 1.42. The number of rotatable bonds is 4. The molecule has 19 heavy (non-hydrogen) atoms. The van der Waals surface area contributed by atoms with Gasteiger partial charge in [-0.3, -0.25) is 10.1 Å². The van der Waals surface area contributed by atoms with Crippen molar-refractivity contribution in [3.05, 3.63) is 62.3 Å². The summed E-state index contributed by atoms with van der Waals surface area (Å²) in [5.74, 6) is -1.07. The minimum Gasteiger partial charge on any atom is -0.478 e. The molecule has 0 fully saturated rings. The van der Waals surface area contributed by atoms with E-state index in [-0.39, 0.29) is 11.3 Å². The standard InChI is InChI=1S/C13H9NO4S/c15-13(16)12(8-11-2-1-7-19-11)9-3-5-10(6-4-9)14(17)18/h1-8H,(H,15,16)/b12-8-. The van der Waals surface area contributed by atoms with Gasteiger partial charge in [-0.2, -0.15) is 0 Å². The molecule has 1 heterocycles. The zero-order chi connectivity index (χ0) is 13.8. The van der Waals surface area contributed by atoms with Crippen LogP contribution in [0.1, 0.15) is 10.4 Å². The Morgan fingerprint density at radius 1 is 1.26 bits per heavy atom. The van der Waals surface area contributed by atoms with Crippen LogP contribution in [0.25, 0.3) is 11.6 Å². The van der Waals surface area contributed by atoms with E-state index in [1.54, 1.807) is 12.1 Å². The van der Waals surface area contributed by atoms with Gasteiger partial charge in [-0.15, -0.1) is 11.3 Å². The van der Waals surface area contributed by atoms with Crippen molar-refractivity contribution in [3.8, 4) is 0 Å². The van der Waals surface area contributed by atoms with E-state index in [2.05, 4.69) is 0 Å². The van der Waals surface area contributed by atoms with Gasteiger partial charge < -0.3 is 5.11 Å². The first-order valence-electron chi connectivity index (χ1n) is 5.31. The van der Waals surface area contributed by atoms with Gasteiger partial charge in [0.1, 0.15) is 0 Å². The number of non-ortho nitro benzene ring substituents is 1. The molecule has 2 rings (SSSR count). The van der Waals surface area contributed by atoms with E-state index < -0.39 is 10.9 Å². The molecule has 0 radical (unpaired) electrons. The number of aliphatic carboxylic acids is 1. The van der Waals surface area contributed by atoms with Crippen molar-refractivity contribution in [1.82, 2.24) is 0 Å². The molecule has 1 aromatic carbocycles. The monoisotopic (exact) mass is 275 g/mol. The second kappa shape index (κ2) is 5.45. The van der Waals surface area contributed by atoms with Gasteiger partial charge >= 0.3 is 5.97 Å². The highest BCUT2D eigenvalue weighted by Crippen LogP contribution is 2.23. The Kier molecular flexibility index (Phi) is 3.72. The predicted octanol–water partition coefficient (Wildman–Crippen LogP) is 3.28. The minimum absolute atomic E-state index is 0.0652. The van der Waals surface area contributed by atoms with Gasteiger partial charge in [-0.25, -0.2) is 4.79 Å². The Labute approximate surface area is 112 Å². The summed E-state index contributed by atoms with van der Waals surface area (Å²) < 4.78 is 0. The molecule has 0 saturated carbocycles. The topological polar surface area (TPSA) is 80.4 Å². The van der Waals surface area contributed by atoms with E-state index >= 15 is 0 Å². The van der Waals surface area contributed by atoms with Crippen LogP contribution in [-0.4, -0.2) is 16.0 Å². The molecule has 0 aliphatic rings. The number of thiophene rings is 1. The van der Waals surface area contributed by atoms with Gasteiger partial charge in [0.2, 0.25) is 0 Å². The number of hydrogen-bond acceptors (Lipinski definition) is 4. The molecular weight excluding hydrogens is 266 g/mol. The fourth-order valence-corrected chi connectivity index (χ4v) is 2.20. The number of hydrogen-bond donors (Lipinski definition) is 1. The summed E-state index contributed by atoms with van der Waals surface area (Å²) in [6.45, 7) is 0. The highest BCUT2D eigenvalue weighted by atomic mass is 32.1. The molecule has 0 amide bonds. The third-order valence-corrected chi connectivity index (χ3v) is 3.27. The summed E-state index contributed by atoms with van der Waals surface area (Å²) in [5.41, 5.74) is 0.480. The van der Waals surface area contributed by atoms with E-state index in [0.29, 0.717) is 5.56 Å². The van der Waals surface area contributed by atoms with Crippen molar-refractivity contribution in [1.29, 1.82) is 0 Å². The van der Waals surface area contributed by atoms with Crippen molar-refractivity contribution in [2.75, 3.05) is 0 Å². The fourth-order valence-electron chi connectivity index (χ4n) is 1.55. The molecule has 0 spiro atoms. The lowest BCUT2D eigenvalue weighted by molar-refractivity contribution is -0.384. The molecule has 6 heteroatoms. The smallest absolute Gasteiger partial charge is 0.336 e. The third-order valence-electron chi connectivity index (χ3n) is 2.45. The first-order valence-corrected chi connectivity index (χ1v) is 6.19. The van der Waals surface area contributed by atoms with Crippen molar-refractivity contribution >= 4 is 34.6 Å². The molecule has 2 aromatic rings. The van der Waals surface area contributed by atoms with Crippen LogP contribution in [0, 0.1) is 10.1 Å². The second-order valence-electron chi connectivity index (χ2n) is 3.68. The predicted molar refractivity (Wildman–Crippen MR) is 72.9 cm³/mol. The molecule has 0 aliphatic heterocycles. The Balaban J connectivity index is 2.40. The normalized spacial score (nSPS) is 11.3. The van der Waals surface area contributed by atoms with Crippen LogP contribution in [0.15, 0.2) is 41.8 Å². The van der Waals surface area contributed by atoms with E-state index in [0.717, 1.165) is 4.88 Å². The average Bonchev–Trinajstić information content (AvgIpc) is 2.88. The maximum Gasteiger partial charge on any atom is 0.336 e. The summed E-state index contributed by atoms with van der Waals surface area (Å²) in [6, 6.07) is 9.09. The summed E-state index contributed by atoms with van der Waals surface area (Å²) in [5, 5.41) is 21.6. The van der Waals surface area contributed by atoms with E-state index in [4.69, 9.17) is 0 Å². The van der Waals surface area contributed by atoms with Crippen LogP contribution in [0.3, 0.4) is 0 Å². The van der Waals surface area contributed by atoms with Crippen LogP contribution in [-0.2, 0) is 4.79 Å². The van der Waals surface area contributed by atoms with Gasteiger partial charge in [0.15, 0.2) is 0 Å². The van der Waals surface area contributed by atoms with Crippen molar-refractivity contribution in [2.24, 2.45) is 0 Å². The molecule has 1 N–H and O–H groups in total. The average molecular weight is 275 g/mol. The Bertz CT molecular complexity index is 629. The summed E-state index contributed by atoms with van der Waals surface area (Å²) in [7, 11) is 0. The zero-order valence-corrected chi connectivity index (χ0v) is 10.5. The Morgan fingerprint density at radius 2 is 1.95 bits per heavy atom. The molecule has 5 nitrogen and oxygen atoms in total. The van der Waals surface area contributed by atoms with Gasteiger partial charge in [-0.1, -0.05) is 6.07 Å². The van der Waals surface area contributed by atoms with Crippen molar-refractivity contribution in [3.63, 3.8) is 0 Å². The number of carboxylic acid groups (broad SMARTS) is 1. The number of benzene rings is 1.